The number of anilines is 1. The molecule has 2 unspecified atom stereocenters. The second-order valence-electron chi connectivity index (χ2n) is 4.94. The molecule has 1 aromatic rings. The maximum Gasteiger partial charge on any atom is 0.224 e. The van der Waals surface area contributed by atoms with Crippen molar-refractivity contribution in [3.8, 4) is 0 Å². The molecular formula is C14H19ClN2O. The lowest BCUT2D eigenvalue weighted by Gasteiger charge is -2.28. The Bertz CT molecular complexity index is 422. The Labute approximate surface area is 113 Å². The van der Waals surface area contributed by atoms with Crippen molar-refractivity contribution in [1.29, 1.82) is 0 Å². The van der Waals surface area contributed by atoms with Crippen LogP contribution in [0.25, 0.3) is 0 Å². The number of hydrogen-bond acceptors (Lipinski definition) is 2. The van der Waals surface area contributed by atoms with Crippen molar-refractivity contribution in [3.05, 3.63) is 29.3 Å². The van der Waals surface area contributed by atoms with Gasteiger partial charge in [-0.1, -0.05) is 36.6 Å². The van der Waals surface area contributed by atoms with Crippen LogP contribution in [0.5, 0.6) is 0 Å². The molecule has 4 heteroatoms. The zero-order chi connectivity index (χ0) is 13.0. The van der Waals surface area contributed by atoms with Crippen LogP contribution in [0.2, 0.25) is 5.02 Å². The van der Waals surface area contributed by atoms with Crippen LogP contribution in [-0.4, -0.2) is 11.9 Å². The van der Waals surface area contributed by atoms with Crippen LogP contribution in [0.15, 0.2) is 24.3 Å². The highest BCUT2D eigenvalue weighted by molar-refractivity contribution is 6.33. The normalized spacial score (nSPS) is 23.7. The summed E-state index contributed by atoms with van der Waals surface area (Å²) >= 11 is 6.00. The summed E-state index contributed by atoms with van der Waals surface area (Å²) < 4.78 is 0. The van der Waals surface area contributed by atoms with Gasteiger partial charge in [-0.15, -0.1) is 0 Å². The van der Waals surface area contributed by atoms with E-state index >= 15 is 0 Å². The number of halogens is 1. The number of carbonyl (C=O) groups excluding carboxylic acids is 1. The van der Waals surface area contributed by atoms with Gasteiger partial charge in [0.1, 0.15) is 0 Å². The summed E-state index contributed by atoms with van der Waals surface area (Å²) in [4.78, 5) is 12.0. The number of nitrogens with one attached hydrogen (secondary N) is 1. The highest BCUT2D eigenvalue weighted by atomic mass is 35.5. The zero-order valence-electron chi connectivity index (χ0n) is 10.4. The van der Waals surface area contributed by atoms with Crippen molar-refractivity contribution < 1.29 is 4.79 Å². The summed E-state index contributed by atoms with van der Waals surface area (Å²) in [6.45, 7) is 0. The summed E-state index contributed by atoms with van der Waals surface area (Å²) in [5, 5.41) is 3.42. The minimum atomic E-state index is 0.00505. The van der Waals surface area contributed by atoms with Crippen LogP contribution in [-0.2, 0) is 4.79 Å². The molecule has 98 valence electrons. The Balaban J connectivity index is 1.90. The van der Waals surface area contributed by atoms with E-state index in [9.17, 15) is 4.79 Å². The molecule has 2 rings (SSSR count). The van der Waals surface area contributed by atoms with Gasteiger partial charge in [0.05, 0.1) is 10.7 Å². The molecule has 18 heavy (non-hydrogen) atoms. The third kappa shape index (κ3) is 3.47. The fraction of sp³-hybridized carbons (Fsp3) is 0.500. The van der Waals surface area contributed by atoms with E-state index in [2.05, 4.69) is 5.32 Å². The summed E-state index contributed by atoms with van der Waals surface area (Å²) in [6.07, 6.45) is 4.94. The fourth-order valence-corrected chi connectivity index (χ4v) is 2.67. The molecule has 0 radical (unpaired) electrons. The molecular weight excluding hydrogens is 248 g/mol. The third-order valence-corrected chi connectivity index (χ3v) is 3.89. The SMILES string of the molecule is NC1CCCCC1CC(=O)Nc1ccccc1Cl. The lowest BCUT2D eigenvalue weighted by molar-refractivity contribution is -0.117. The number of para-hydroxylation sites is 1. The van der Waals surface area contributed by atoms with Gasteiger partial charge in [-0.3, -0.25) is 4.79 Å². The topological polar surface area (TPSA) is 55.1 Å². The van der Waals surface area contributed by atoms with E-state index in [1.54, 1.807) is 12.1 Å². The number of hydrogen-bond donors (Lipinski definition) is 2. The highest BCUT2D eigenvalue weighted by Crippen LogP contribution is 2.27. The Hall–Kier alpha value is -1.06. The second kappa shape index (κ2) is 6.21. The van der Waals surface area contributed by atoms with Crippen LogP contribution in [0, 0.1) is 5.92 Å². The number of benzene rings is 1. The fourth-order valence-electron chi connectivity index (χ4n) is 2.49. The Morgan fingerprint density at radius 2 is 2.06 bits per heavy atom. The van der Waals surface area contributed by atoms with Gasteiger partial charge in [-0.25, -0.2) is 0 Å². The van der Waals surface area contributed by atoms with E-state index in [1.807, 2.05) is 12.1 Å². The van der Waals surface area contributed by atoms with Crippen molar-refractivity contribution in [2.24, 2.45) is 11.7 Å². The number of amides is 1. The Morgan fingerprint density at radius 1 is 1.33 bits per heavy atom. The van der Waals surface area contributed by atoms with Crippen molar-refractivity contribution >= 4 is 23.2 Å². The minimum absolute atomic E-state index is 0.00505. The molecule has 0 spiro atoms. The minimum Gasteiger partial charge on any atom is -0.327 e. The predicted molar refractivity (Wildman–Crippen MR) is 74.6 cm³/mol. The summed E-state index contributed by atoms with van der Waals surface area (Å²) in [5.41, 5.74) is 6.72. The van der Waals surface area contributed by atoms with Crippen LogP contribution in [0.1, 0.15) is 32.1 Å². The van der Waals surface area contributed by atoms with Gasteiger partial charge in [-0.05, 0) is 30.9 Å². The molecule has 1 amide bonds. The smallest absolute Gasteiger partial charge is 0.224 e. The molecule has 1 aromatic carbocycles. The van der Waals surface area contributed by atoms with Gasteiger partial charge >= 0.3 is 0 Å². The molecule has 1 fully saturated rings. The molecule has 1 aliphatic rings. The van der Waals surface area contributed by atoms with E-state index in [4.69, 9.17) is 17.3 Å². The lowest BCUT2D eigenvalue weighted by atomic mass is 9.83. The Morgan fingerprint density at radius 3 is 2.78 bits per heavy atom. The quantitative estimate of drug-likeness (QED) is 0.883. The van der Waals surface area contributed by atoms with Crippen LogP contribution < -0.4 is 11.1 Å². The first kappa shape index (κ1) is 13.4. The first-order valence-electron chi connectivity index (χ1n) is 6.47. The molecule has 0 aromatic heterocycles. The van der Waals surface area contributed by atoms with E-state index in [-0.39, 0.29) is 11.9 Å². The molecule has 3 nitrogen and oxygen atoms in total. The molecule has 3 N–H and O–H groups in total. The van der Waals surface area contributed by atoms with E-state index in [0.29, 0.717) is 23.0 Å². The maximum absolute atomic E-state index is 12.0. The van der Waals surface area contributed by atoms with Crippen LogP contribution in [0.4, 0.5) is 5.69 Å². The molecule has 0 saturated heterocycles. The van der Waals surface area contributed by atoms with E-state index in [1.165, 1.54) is 12.8 Å². The summed E-state index contributed by atoms with van der Waals surface area (Å²) in [7, 11) is 0. The van der Waals surface area contributed by atoms with Gasteiger partial charge in [-0.2, -0.15) is 0 Å². The lowest BCUT2D eigenvalue weighted by Crippen LogP contribution is -2.35. The van der Waals surface area contributed by atoms with Gasteiger partial charge in [0.2, 0.25) is 5.91 Å². The number of nitrogens with two attached hydrogens (primary N) is 1. The Kier molecular flexibility index (Phi) is 4.61. The van der Waals surface area contributed by atoms with Crippen molar-refractivity contribution in [2.45, 2.75) is 38.1 Å². The van der Waals surface area contributed by atoms with Crippen molar-refractivity contribution in [2.75, 3.05) is 5.32 Å². The molecule has 0 heterocycles. The van der Waals surface area contributed by atoms with Gasteiger partial charge in [0.15, 0.2) is 0 Å². The van der Waals surface area contributed by atoms with Gasteiger partial charge in [0.25, 0.3) is 0 Å². The zero-order valence-corrected chi connectivity index (χ0v) is 11.1. The first-order chi connectivity index (χ1) is 8.66. The summed E-state index contributed by atoms with van der Waals surface area (Å²) in [5.74, 6) is 0.312. The average Bonchev–Trinajstić information content (AvgIpc) is 2.35. The van der Waals surface area contributed by atoms with Crippen LogP contribution in [0.3, 0.4) is 0 Å². The number of rotatable bonds is 3. The first-order valence-corrected chi connectivity index (χ1v) is 6.84. The van der Waals surface area contributed by atoms with Crippen molar-refractivity contribution in [1.82, 2.24) is 0 Å². The van der Waals surface area contributed by atoms with E-state index < -0.39 is 0 Å². The average molecular weight is 267 g/mol. The molecule has 2 atom stereocenters. The summed E-state index contributed by atoms with van der Waals surface area (Å²) in [6, 6.07) is 7.43. The van der Waals surface area contributed by atoms with Crippen molar-refractivity contribution in [3.63, 3.8) is 0 Å². The van der Waals surface area contributed by atoms with E-state index in [0.717, 1.165) is 12.8 Å². The maximum atomic E-state index is 12.0. The molecule has 1 aliphatic carbocycles. The molecule has 0 aliphatic heterocycles. The van der Waals surface area contributed by atoms with Gasteiger partial charge in [0, 0.05) is 12.5 Å². The highest BCUT2D eigenvalue weighted by Gasteiger charge is 2.24. The standard InChI is InChI=1S/C14H19ClN2O/c15-11-6-2-4-8-13(11)17-14(18)9-10-5-1-3-7-12(10)16/h2,4,6,8,10,12H,1,3,5,7,9,16H2,(H,17,18). The largest absolute Gasteiger partial charge is 0.327 e. The predicted octanol–water partition coefficient (Wildman–Crippen LogP) is 3.19. The molecule has 0 bridgehead atoms. The van der Waals surface area contributed by atoms with Crippen LogP contribution >= 0.6 is 11.6 Å². The molecule has 1 saturated carbocycles. The number of carbonyl (C=O) groups is 1. The van der Waals surface area contributed by atoms with Gasteiger partial charge < -0.3 is 11.1 Å². The second-order valence-corrected chi connectivity index (χ2v) is 5.35. The monoisotopic (exact) mass is 266 g/mol. The third-order valence-electron chi connectivity index (χ3n) is 3.56.